The average molecular weight is 265 g/mol. The highest BCUT2D eigenvalue weighted by Crippen LogP contribution is 2.10. The van der Waals surface area contributed by atoms with Crippen molar-refractivity contribution in [1.82, 2.24) is 10.3 Å². The number of nitrogens with zero attached hydrogens (tertiary/aromatic N) is 1. The van der Waals surface area contributed by atoms with Gasteiger partial charge in [-0.05, 0) is 31.2 Å². The lowest BCUT2D eigenvalue weighted by Gasteiger charge is -2.05. The first-order chi connectivity index (χ1) is 8.65. The number of hydrogen-bond acceptors (Lipinski definition) is 3. The van der Waals surface area contributed by atoms with Gasteiger partial charge in [0.1, 0.15) is 10.9 Å². The first-order valence-corrected chi connectivity index (χ1v) is 5.98. The fourth-order valence-corrected chi connectivity index (χ4v) is 1.87. The van der Waals surface area contributed by atoms with Gasteiger partial charge >= 0.3 is 0 Å². The Balaban J connectivity index is 1.91. The zero-order valence-corrected chi connectivity index (χ0v) is 10.7. The highest BCUT2D eigenvalue weighted by Gasteiger charge is 2.07. The van der Waals surface area contributed by atoms with Gasteiger partial charge in [-0.25, -0.2) is 4.98 Å². The molecule has 0 aliphatic rings. The number of hydrogen-bond donors (Lipinski definition) is 1. The Morgan fingerprint density at radius 1 is 1.50 bits per heavy atom. The van der Waals surface area contributed by atoms with Crippen LogP contribution in [0.1, 0.15) is 21.8 Å². The fraction of sp³-hybridized carbons (Fsp3) is 0.231. The second-order valence-electron chi connectivity index (χ2n) is 3.91. The van der Waals surface area contributed by atoms with Crippen LogP contribution in [0.25, 0.3) is 0 Å². The third-order valence-electron chi connectivity index (χ3n) is 2.42. The first-order valence-electron chi connectivity index (χ1n) is 5.60. The van der Waals surface area contributed by atoms with Gasteiger partial charge in [-0.15, -0.1) is 0 Å². The normalized spacial score (nSPS) is 10.3. The molecular formula is C13H13ClN2O2. The van der Waals surface area contributed by atoms with Gasteiger partial charge in [0, 0.05) is 24.2 Å². The monoisotopic (exact) mass is 264 g/mol. The zero-order valence-electron chi connectivity index (χ0n) is 9.94. The number of carbonyl (C=O) groups is 1. The van der Waals surface area contributed by atoms with E-state index in [9.17, 15) is 4.79 Å². The number of nitrogens with one attached hydrogen (secondary N) is 1. The van der Waals surface area contributed by atoms with Crippen molar-refractivity contribution < 1.29 is 9.21 Å². The maximum atomic E-state index is 11.8. The Morgan fingerprint density at radius 3 is 3.00 bits per heavy atom. The molecule has 0 fully saturated rings. The molecule has 5 heteroatoms. The number of furan rings is 1. The van der Waals surface area contributed by atoms with E-state index in [4.69, 9.17) is 16.0 Å². The maximum absolute atomic E-state index is 11.8. The molecule has 18 heavy (non-hydrogen) atoms. The predicted octanol–water partition coefficient (Wildman–Crippen LogP) is 2.61. The molecule has 0 radical (unpaired) electrons. The highest BCUT2D eigenvalue weighted by atomic mass is 35.5. The number of amides is 1. The molecule has 0 saturated heterocycles. The number of aryl methyl sites for hydroxylation is 1. The summed E-state index contributed by atoms with van der Waals surface area (Å²) in [5, 5.41) is 3.13. The summed E-state index contributed by atoms with van der Waals surface area (Å²) in [5.74, 6) is 0.688. The number of rotatable bonds is 4. The van der Waals surface area contributed by atoms with E-state index < -0.39 is 0 Å². The molecule has 1 amide bonds. The Bertz CT molecular complexity index is 518. The second kappa shape index (κ2) is 5.69. The maximum Gasteiger partial charge on any atom is 0.251 e. The van der Waals surface area contributed by atoms with E-state index in [1.165, 1.54) is 0 Å². The summed E-state index contributed by atoms with van der Waals surface area (Å²) in [6.45, 7) is 2.32. The number of aromatic nitrogens is 1. The standard InChI is InChI=1S/C13H13ClN2O2/c1-9-7-10(8-12(14)16-9)13(17)15-5-4-11-3-2-6-18-11/h2-3,6-8H,4-5H2,1H3,(H,15,17). The van der Waals surface area contributed by atoms with E-state index in [2.05, 4.69) is 10.3 Å². The number of carbonyl (C=O) groups excluding carboxylic acids is 1. The molecule has 4 nitrogen and oxygen atoms in total. The summed E-state index contributed by atoms with van der Waals surface area (Å²) >= 11 is 5.80. The van der Waals surface area contributed by atoms with E-state index in [1.807, 2.05) is 12.1 Å². The van der Waals surface area contributed by atoms with Crippen molar-refractivity contribution in [2.24, 2.45) is 0 Å². The molecule has 2 aromatic heterocycles. The van der Waals surface area contributed by atoms with Crippen LogP contribution in [0.2, 0.25) is 5.15 Å². The summed E-state index contributed by atoms with van der Waals surface area (Å²) in [4.78, 5) is 15.9. The molecule has 94 valence electrons. The second-order valence-corrected chi connectivity index (χ2v) is 4.29. The summed E-state index contributed by atoms with van der Waals surface area (Å²) < 4.78 is 5.18. The topological polar surface area (TPSA) is 55.1 Å². The van der Waals surface area contributed by atoms with Gasteiger partial charge in [0.25, 0.3) is 5.91 Å². The largest absolute Gasteiger partial charge is 0.469 e. The van der Waals surface area contributed by atoms with Crippen molar-refractivity contribution >= 4 is 17.5 Å². The Hall–Kier alpha value is -1.81. The molecule has 0 spiro atoms. The van der Waals surface area contributed by atoms with Crippen LogP contribution in [0.15, 0.2) is 34.9 Å². The zero-order chi connectivity index (χ0) is 13.0. The molecule has 0 aromatic carbocycles. The quantitative estimate of drug-likeness (QED) is 0.864. The summed E-state index contributed by atoms with van der Waals surface area (Å²) in [6.07, 6.45) is 2.28. The molecule has 0 bridgehead atoms. The molecule has 0 aliphatic carbocycles. The third kappa shape index (κ3) is 3.34. The van der Waals surface area contributed by atoms with Crippen LogP contribution in [-0.2, 0) is 6.42 Å². The van der Waals surface area contributed by atoms with Gasteiger partial charge < -0.3 is 9.73 Å². The Kier molecular flexibility index (Phi) is 3.99. The minimum atomic E-state index is -0.158. The first kappa shape index (κ1) is 12.6. The molecule has 0 aliphatic heterocycles. The molecule has 2 heterocycles. The Labute approximate surface area is 110 Å². The van der Waals surface area contributed by atoms with Crippen molar-refractivity contribution in [2.75, 3.05) is 6.54 Å². The van der Waals surface area contributed by atoms with Crippen LogP contribution in [0.5, 0.6) is 0 Å². The summed E-state index contributed by atoms with van der Waals surface area (Å²) in [6, 6.07) is 6.95. The van der Waals surface area contributed by atoms with Crippen LogP contribution in [-0.4, -0.2) is 17.4 Å². The molecule has 2 rings (SSSR count). The van der Waals surface area contributed by atoms with E-state index in [0.29, 0.717) is 23.7 Å². The van der Waals surface area contributed by atoms with Crippen molar-refractivity contribution in [3.63, 3.8) is 0 Å². The predicted molar refractivity (Wildman–Crippen MR) is 68.7 cm³/mol. The van der Waals surface area contributed by atoms with E-state index in [0.717, 1.165) is 11.5 Å². The van der Waals surface area contributed by atoms with Crippen LogP contribution < -0.4 is 5.32 Å². The minimum absolute atomic E-state index is 0.158. The van der Waals surface area contributed by atoms with Gasteiger partial charge in [-0.3, -0.25) is 4.79 Å². The highest BCUT2D eigenvalue weighted by molar-refractivity contribution is 6.29. The van der Waals surface area contributed by atoms with Crippen molar-refractivity contribution in [1.29, 1.82) is 0 Å². The smallest absolute Gasteiger partial charge is 0.251 e. The molecular weight excluding hydrogens is 252 g/mol. The fourth-order valence-electron chi connectivity index (χ4n) is 1.62. The Morgan fingerprint density at radius 2 is 2.33 bits per heavy atom. The van der Waals surface area contributed by atoms with Gasteiger partial charge in [-0.1, -0.05) is 11.6 Å². The lowest BCUT2D eigenvalue weighted by atomic mass is 10.2. The van der Waals surface area contributed by atoms with Crippen molar-refractivity contribution in [3.8, 4) is 0 Å². The lowest BCUT2D eigenvalue weighted by molar-refractivity contribution is 0.0953. The van der Waals surface area contributed by atoms with Crippen LogP contribution in [0.3, 0.4) is 0 Å². The molecule has 1 N–H and O–H groups in total. The van der Waals surface area contributed by atoms with Gasteiger partial charge in [0.2, 0.25) is 0 Å². The molecule has 0 unspecified atom stereocenters. The van der Waals surface area contributed by atoms with Crippen molar-refractivity contribution in [3.05, 3.63) is 52.7 Å². The number of halogens is 1. The summed E-state index contributed by atoms with van der Waals surface area (Å²) in [5.41, 5.74) is 1.24. The van der Waals surface area contributed by atoms with Crippen LogP contribution >= 0.6 is 11.6 Å². The van der Waals surface area contributed by atoms with Gasteiger partial charge in [0.05, 0.1) is 6.26 Å². The third-order valence-corrected chi connectivity index (χ3v) is 2.62. The minimum Gasteiger partial charge on any atom is -0.469 e. The average Bonchev–Trinajstić information content (AvgIpc) is 2.80. The van der Waals surface area contributed by atoms with Gasteiger partial charge in [-0.2, -0.15) is 0 Å². The van der Waals surface area contributed by atoms with Crippen molar-refractivity contribution in [2.45, 2.75) is 13.3 Å². The summed E-state index contributed by atoms with van der Waals surface area (Å²) in [7, 11) is 0. The molecule has 0 atom stereocenters. The SMILES string of the molecule is Cc1cc(C(=O)NCCc2ccco2)cc(Cl)n1. The van der Waals surface area contributed by atoms with Crippen LogP contribution in [0, 0.1) is 6.92 Å². The van der Waals surface area contributed by atoms with E-state index >= 15 is 0 Å². The van der Waals surface area contributed by atoms with E-state index in [-0.39, 0.29) is 5.91 Å². The molecule has 2 aromatic rings. The number of pyridine rings is 1. The molecule has 0 saturated carbocycles. The van der Waals surface area contributed by atoms with Gasteiger partial charge in [0.15, 0.2) is 0 Å². The van der Waals surface area contributed by atoms with Crippen LogP contribution in [0.4, 0.5) is 0 Å². The lowest BCUT2D eigenvalue weighted by Crippen LogP contribution is -2.25. The van der Waals surface area contributed by atoms with E-state index in [1.54, 1.807) is 25.3 Å².